The van der Waals surface area contributed by atoms with Crippen molar-refractivity contribution >= 4 is 81.1 Å². The molecule has 2 heterocycles. The SMILES string of the molecule is CCCOCCO.CCCOCCOCC.CCOCCOCCN.[C-]#[N+]c1ccc(N2C(=O)C(C)(C)N(CCCC(=O)NCCOCCOCC)C2=S)cc1C.[C-]#[N+]c1ccc(N2C(=O)C(C)(C)N(CCCC(=O)O)C2=S)cc1C. The van der Waals surface area contributed by atoms with Crippen molar-refractivity contribution in [1.82, 2.24) is 15.1 Å². The van der Waals surface area contributed by atoms with Crippen LogP contribution in [0, 0.1) is 27.0 Å². The van der Waals surface area contributed by atoms with Crippen molar-refractivity contribution in [3.8, 4) is 0 Å². The molecule has 2 aliphatic rings. The summed E-state index contributed by atoms with van der Waals surface area (Å²) in [5, 5.41) is 20.6. The van der Waals surface area contributed by atoms with E-state index in [-0.39, 0.29) is 30.7 Å². The fraction of sp³-hybridized carbons (Fsp3) is 0.655. The highest BCUT2D eigenvalue weighted by Gasteiger charge is 2.50. The number of nitrogens with two attached hydrogens (primary N) is 1. The van der Waals surface area contributed by atoms with Crippen LogP contribution in [0.15, 0.2) is 36.4 Å². The summed E-state index contributed by atoms with van der Waals surface area (Å²) in [5.41, 5.74) is 7.48. The van der Waals surface area contributed by atoms with Crippen LogP contribution in [0.25, 0.3) is 9.69 Å². The second kappa shape index (κ2) is 44.3. The third-order valence-corrected chi connectivity index (χ3v) is 12.6. The molecule has 23 heteroatoms. The van der Waals surface area contributed by atoms with E-state index < -0.39 is 17.0 Å². The van der Waals surface area contributed by atoms with Gasteiger partial charge in [-0.3, -0.25) is 29.0 Å². The Morgan fingerprint density at radius 3 is 1.35 bits per heavy atom. The first-order chi connectivity index (χ1) is 38.7. The molecule has 21 nitrogen and oxygen atoms in total. The van der Waals surface area contributed by atoms with E-state index in [1.54, 1.807) is 55.1 Å². The smallest absolute Gasteiger partial charge is 0.303 e. The van der Waals surface area contributed by atoms with Crippen molar-refractivity contribution in [2.24, 2.45) is 5.73 Å². The molecule has 2 aromatic carbocycles. The first-order valence-corrected chi connectivity index (χ1v) is 28.6. The van der Waals surface area contributed by atoms with Gasteiger partial charge in [0.2, 0.25) is 5.91 Å². The van der Waals surface area contributed by atoms with Gasteiger partial charge in [-0.15, -0.1) is 0 Å². The third-order valence-electron chi connectivity index (χ3n) is 11.8. The van der Waals surface area contributed by atoms with Gasteiger partial charge in [-0.1, -0.05) is 26.0 Å². The zero-order valence-electron chi connectivity index (χ0n) is 50.1. The van der Waals surface area contributed by atoms with Crippen LogP contribution in [-0.2, 0) is 52.3 Å². The predicted octanol–water partition coefficient (Wildman–Crippen LogP) is 8.18. The number of ether oxygens (including phenoxy) is 7. The number of carboxylic acids is 1. The van der Waals surface area contributed by atoms with Gasteiger partial charge < -0.3 is 64.2 Å². The molecule has 0 atom stereocenters. The van der Waals surface area contributed by atoms with Gasteiger partial charge in [0.25, 0.3) is 11.8 Å². The number of hydrogen-bond acceptors (Lipinski definition) is 15. The number of aliphatic carboxylic acids is 1. The molecular formula is C58H94N8O13S2. The molecule has 0 radical (unpaired) electrons. The molecule has 0 unspecified atom stereocenters. The number of rotatable bonds is 33. The van der Waals surface area contributed by atoms with E-state index in [2.05, 4.69) is 21.9 Å². The summed E-state index contributed by atoms with van der Waals surface area (Å²) in [6.45, 7) is 46.5. The number of carbonyl (C=O) groups excluding carboxylic acids is 3. The average Bonchev–Trinajstić information content (AvgIpc) is 3.75. The number of nitrogens with zero attached hydrogens (tertiary/aromatic N) is 6. The number of aryl methyl sites for hydroxylation is 2. The van der Waals surface area contributed by atoms with Gasteiger partial charge in [0, 0.05) is 83.4 Å². The van der Waals surface area contributed by atoms with Crippen LogP contribution >= 0.6 is 24.4 Å². The van der Waals surface area contributed by atoms with Crippen LogP contribution in [0.4, 0.5) is 22.7 Å². The van der Waals surface area contributed by atoms with E-state index in [1.807, 2.05) is 60.3 Å². The maximum absolute atomic E-state index is 13.1. The van der Waals surface area contributed by atoms with Crippen LogP contribution in [-0.4, -0.2) is 190 Å². The fourth-order valence-electron chi connectivity index (χ4n) is 7.45. The molecule has 2 saturated heterocycles. The Kier molecular flexibility index (Phi) is 41.4. The molecule has 456 valence electrons. The lowest BCUT2D eigenvalue weighted by Gasteiger charge is -2.29. The number of carboxylic acid groups (broad SMARTS) is 1. The van der Waals surface area contributed by atoms with Crippen molar-refractivity contribution in [2.45, 2.75) is 126 Å². The summed E-state index contributed by atoms with van der Waals surface area (Å²) in [4.78, 5) is 62.3. The van der Waals surface area contributed by atoms with Gasteiger partial charge in [-0.25, -0.2) is 9.69 Å². The molecule has 0 saturated carbocycles. The molecule has 2 fully saturated rings. The number of thiocarbonyl (C=S) groups is 2. The third kappa shape index (κ3) is 28.5. The Balaban J connectivity index is 0.00000113. The van der Waals surface area contributed by atoms with Crippen LogP contribution < -0.4 is 20.9 Å². The van der Waals surface area contributed by atoms with Crippen molar-refractivity contribution in [2.75, 3.05) is 135 Å². The molecule has 0 aliphatic carbocycles. The van der Waals surface area contributed by atoms with Crippen LogP contribution in [0.5, 0.6) is 0 Å². The van der Waals surface area contributed by atoms with E-state index in [0.29, 0.717) is 131 Å². The summed E-state index contributed by atoms with van der Waals surface area (Å²) < 4.78 is 35.7. The summed E-state index contributed by atoms with van der Waals surface area (Å²) in [5.74, 6) is -1.20. The number of benzene rings is 2. The Bertz CT molecular complexity index is 2230. The summed E-state index contributed by atoms with van der Waals surface area (Å²) in [6, 6.07) is 10.4. The number of amides is 3. The number of aliphatic hydroxyl groups is 1. The lowest BCUT2D eigenvalue weighted by atomic mass is 10.0. The predicted molar refractivity (Wildman–Crippen MR) is 325 cm³/mol. The molecule has 4 rings (SSSR count). The number of nitrogens with one attached hydrogen (secondary N) is 1. The Morgan fingerprint density at radius 2 is 0.988 bits per heavy atom. The molecule has 3 amide bonds. The molecule has 0 bridgehead atoms. The largest absolute Gasteiger partial charge is 0.481 e. The lowest BCUT2D eigenvalue weighted by molar-refractivity contribution is -0.137. The van der Waals surface area contributed by atoms with E-state index in [1.165, 1.54) is 9.80 Å². The summed E-state index contributed by atoms with van der Waals surface area (Å²) in [6.07, 6.45) is 3.46. The van der Waals surface area contributed by atoms with E-state index in [9.17, 15) is 19.2 Å². The monoisotopic (exact) mass is 1170 g/mol. The number of anilines is 2. The second-order valence-electron chi connectivity index (χ2n) is 18.9. The van der Waals surface area contributed by atoms with Gasteiger partial charge in [-0.05, 0) is 148 Å². The Labute approximate surface area is 493 Å². The van der Waals surface area contributed by atoms with Crippen molar-refractivity contribution in [1.29, 1.82) is 0 Å². The quantitative estimate of drug-likeness (QED) is 0.0300. The minimum absolute atomic E-state index is 0.0300. The van der Waals surface area contributed by atoms with Crippen molar-refractivity contribution in [3.63, 3.8) is 0 Å². The van der Waals surface area contributed by atoms with Gasteiger partial charge >= 0.3 is 5.97 Å². The molecule has 5 N–H and O–H groups in total. The lowest BCUT2D eigenvalue weighted by Crippen LogP contribution is -2.44. The zero-order valence-corrected chi connectivity index (χ0v) is 51.7. The summed E-state index contributed by atoms with van der Waals surface area (Å²) >= 11 is 11.1. The fourth-order valence-corrected chi connectivity index (χ4v) is 8.47. The highest BCUT2D eigenvalue weighted by Crippen LogP contribution is 2.36. The maximum atomic E-state index is 13.1. The minimum Gasteiger partial charge on any atom is -0.481 e. The van der Waals surface area contributed by atoms with E-state index in [4.69, 9.17) is 86.7 Å². The highest BCUT2D eigenvalue weighted by atomic mass is 32.1. The number of hydrogen-bond donors (Lipinski definition) is 4. The second-order valence-corrected chi connectivity index (χ2v) is 19.7. The summed E-state index contributed by atoms with van der Waals surface area (Å²) in [7, 11) is 0. The first kappa shape index (κ1) is 75.7. The maximum Gasteiger partial charge on any atom is 0.303 e. The van der Waals surface area contributed by atoms with E-state index >= 15 is 0 Å². The molecular weight excluding hydrogens is 1080 g/mol. The number of carbonyl (C=O) groups is 4. The highest BCUT2D eigenvalue weighted by molar-refractivity contribution is 7.80. The normalized spacial score (nSPS) is 13.9. The van der Waals surface area contributed by atoms with Gasteiger partial charge in [-0.2, -0.15) is 0 Å². The molecule has 0 spiro atoms. The molecule has 2 aromatic rings. The van der Waals surface area contributed by atoms with Gasteiger partial charge in [0.1, 0.15) is 11.1 Å². The Hall–Kier alpha value is -5.28. The first-order valence-electron chi connectivity index (χ1n) is 27.8. The van der Waals surface area contributed by atoms with Crippen molar-refractivity contribution < 1.29 is 62.5 Å². The van der Waals surface area contributed by atoms with Crippen LogP contribution in [0.2, 0.25) is 0 Å². The molecule has 81 heavy (non-hydrogen) atoms. The van der Waals surface area contributed by atoms with Gasteiger partial charge in [0.05, 0.1) is 79.2 Å². The van der Waals surface area contributed by atoms with Crippen molar-refractivity contribution in [3.05, 3.63) is 70.4 Å². The van der Waals surface area contributed by atoms with E-state index in [0.717, 1.165) is 63.6 Å². The topological polar surface area (TPSA) is 233 Å². The standard InChI is InChI=1S/C23H32N4O4S.C17H19N3O3S.C7H16O2.C6H15NO2.C5H12O2/c1-6-30-14-15-31-13-11-25-20(28)8-7-12-26-22(32)27(21(29)23(26,3)4)18-9-10-19(24-5)17(2)16-18;1-11-10-12(7-8-13(11)18-4)20-15(23)17(2,3)19(16(20)24)9-5-6-14(21)22;1-3-5-9-7-6-8-4-2;1-2-8-5-6-9-4-3-7;1-2-4-7-5-3-6/h9-10,16H,6-8,11-15H2,1-4H3,(H,25,28);7-8,10H,5-6,9H2,1-3H3,(H,21,22);3-7H2,1-2H3;2-7H2,1H3;6H,2-5H2,1H3. The van der Waals surface area contributed by atoms with Gasteiger partial charge in [0.15, 0.2) is 21.6 Å². The van der Waals surface area contributed by atoms with Crippen LogP contribution in [0.1, 0.15) is 112 Å². The minimum atomic E-state index is -0.869. The Morgan fingerprint density at radius 1 is 0.605 bits per heavy atom. The van der Waals surface area contributed by atoms with Crippen LogP contribution in [0.3, 0.4) is 0 Å². The molecule has 2 aliphatic heterocycles. The number of aliphatic hydroxyl groups excluding tert-OH is 1. The average molecular weight is 1180 g/mol. The molecule has 0 aromatic heterocycles. The zero-order chi connectivity index (χ0) is 61.2.